The molecule has 1 aromatic heterocycles. The summed E-state index contributed by atoms with van der Waals surface area (Å²) in [4.78, 5) is 48.3. The van der Waals surface area contributed by atoms with Gasteiger partial charge in [0.15, 0.2) is 0 Å². The molecule has 4 rings (SSSR count). The van der Waals surface area contributed by atoms with Gasteiger partial charge in [-0.15, -0.1) is 0 Å². The summed E-state index contributed by atoms with van der Waals surface area (Å²) in [6.07, 6.45) is 4.24. The van der Waals surface area contributed by atoms with Crippen LogP contribution >= 0.6 is 0 Å². The quantitative estimate of drug-likeness (QED) is 0.742. The molecule has 1 aromatic carbocycles. The van der Waals surface area contributed by atoms with Crippen molar-refractivity contribution < 1.29 is 14.4 Å². The number of piperazine rings is 1. The lowest BCUT2D eigenvalue weighted by molar-refractivity contribution is -0.150. The van der Waals surface area contributed by atoms with Crippen molar-refractivity contribution in [1.82, 2.24) is 19.7 Å². The molecule has 3 heterocycles. The van der Waals surface area contributed by atoms with E-state index in [1.165, 1.54) is 0 Å². The molecule has 162 valence electrons. The highest BCUT2D eigenvalue weighted by Crippen LogP contribution is 2.28. The Kier molecular flexibility index (Phi) is 6.60. The van der Waals surface area contributed by atoms with E-state index in [1.54, 1.807) is 20.9 Å². The van der Waals surface area contributed by atoms with Crippen molar-refractivity contribution in [3.63, 3.8) is 0 Å². The van der Waals surface area contributed by atoms with E-state index in [9.17, 15) is 14.4 Å². The van der Waals surface area contributed by atoms with Gasteiger partial charge in [-0.3, -0.25) is 19.4 Å². The molecule has 0 spiro atoms. The molecule has 2 saturated heterocycles. The van der Waals surface area contributed by atoms with Gasteiger partial charge >= 0.3 is 0 Å². The Morgan fingerprint density at radius 2 is 1.58 bits per heavy atom. The summed E-state index contributed by atoms with van der Waals surface area (Å²) in [6, 6.07) is 14.5. The number of rotatable bonds is 5. The lowest BCUT2D eigenvalue weighted by Crippen LogP contribution is -2.54. The number of piperidine rings is 1. The van der Waals surface area contributed by atoms with Gasteiger partial charge in [-0.2, -0.15) is 0 Å². The molecule has 31 heavy (non-hydrogen) atoms. The van der Waals surface area contributed by atoms with E-state index in [0.717, 1.165) is 24.1 Å². The number of aromatic nitrogens is 1. The number of nitrogens with zero attached hydrogens (tertiary/aromatic N) is 4. The molecule has 3 amide bonds. The Hall–Kier alpha value is -3.22. The van der Waals surface area contributed by atoms with Crippen LogP contribution < -0.4 is 0 Å². The lowest BCUT2D eigenvalue weighted by atomic mass is 9.99. The minimum absolute atomic E-state index is 0.0246. The average Bonchev–Trinajstić information content (AvgIpc) is 2.82. The maximum absolute atomic E-state index is 13.5. The van der Waals surface area contributed by atoms with E-state index >= 15 is 0 Å². The third kappa shape index (κ3) is 4.93. The van der Waals surface area contributed by atoms with Crippen LogP contribution in [0.3, 0.4) is 0 Å². The molecular weight excluding hydrogens is 392 g/mol. The minimum atomic E-state index is -0.593. The van der Waals surface area contributed by atoms with Crippen LogP contribution in [0.5, 0.6) is 0 Å². The molecule has 0 bridgehead atoms. The predicted molar refractivity (Wildman–Crippen MR) is 116 cm³/mol. The Labute approximate surface area is 182 Å². The van der Waals surface area contributed by atoms with E-state index < -0.39 is 6.04 Å². The standard InChI is InChI=1S/C24H28N4O3/c29-21-11-5-7-13-28(21)23(19-8-2-1-3-9-19)24(31)27-16-14-26(15-17-27)22(30)18-20-10-4-6-12-25-20/h1-4,6,8-10,12,23H,5,7,11,13-18H2. The van der Waals surface area contributed by atoms with Gasteiger partial charge in [-0.05, 0) is 30.5 Å². The second-order valence-electron chi connectivity index (χ2n) is 8.06. The van der Waals surface area contributed by atoms with Crippen molar-refractivity contribution in [3.05, 3.63) is 66.0 Å². The first-order chi connectivity index (χ1) is 15.1. The number of pyridine rings is 1. The number of amides is 3. The number of hydrogen-bond acceptors (Lipinski definition) is 4. The van der Waals surface area contributed by atoms with Gasteiger partial charge in [-0.25, -0.2) is 0 Å². The van der Waals surface area contributed by atoms with Crippen LogP contribution in [0, 0.1) is 0 Å². The van der Waals surface area contributed by atoms with Crippen molar-refractivity contribution in [2.75, 3.05) is 32.7 Å². The molecule has 2 aromatic rings. The zero-order chi connectivity index (χ0) is 21.6. The molecule has 0 aliphatic carbocycles. The summed E-state index contributed by atoms with van der Waals surface area (Å²) in [5.41, 5.74) is 1.59. The molecule has 2 aliphatic heterocycles. The van der Waals surface area contributed by atoms with Gasteiger partial charge in [0.05, 0.1) is 6.42 Å². The molecule has 7 heteroatoms. The van der Waals surface area contributed by atoms with E-state index in [0.29, 0.717) is 39.1 Å². The first kappa shape index (κ1) is 21.0. The highest BCUT2D eigenvalue weighted by molar-refractivity contribution is 5.89. The second kappa shape index (κ2) is 9.73. The Bertz CT molecular complexity index is 911. The van der Waals surface area contributed by atoms with Crippen LogP contribution in [0.4, 0.5) is 0 Å². The van der Waals surface area contributed by atoms with Crippen LogP contribution in [0.1, 0.15) is 36.6 Å². The predicted octanol–water partition coefficient (Wildman–Crippen LogP) is 2.05. The van der Waals surface area contributed by atoms with Crippen LogP contribution in [0.2, 0.25) is 0 Å². The molecule has 1 unspecified atom stereocenters. The van der Waals surface area contributed by atoms with Gasteiger partial charge in [0.1, 0.15) is 6.04 Å². The topological polar surface area (TPSA) is 73.8 Å². The summed E-state index contributed by atoms with van der Waals surface area (Å²) in [7, 11) is 0. The van der Waals surface area contributed by atoms with Crippen molar-refractivity contribution in [2.45, 2.75) is 31.7 Å². The van der Waals surface area contributed by atoms with Gasteiger partial charge in [0.25, 0.3) is 0 Å². The van der Waals surface area contributed by atoms with Crippen molar-refractivity contribution in [2.24, 2.45) is 0 Å². The number of carbonyl (C=O) groups is 3. The van der Waals surface area contributed by atoms with E-state index in [1.807, 2.05) is 48.5 Å². The van der Waals surface area contributed by atoms with Crippen LogP contribution in [0.15, 0.2) is 54.7 Å². The number of carbonyl (C=O) groups excluding carboxylic acids is 3. The normalized spacial score (nSPS) is 18.1. The van der Waals surface area contributed by atoms with Crippen LogP contribution in [0.25, 0.3) is 0 Å². The fourth-order valence-electron chi connectivity index (χ4n) is 4.31. The minimum Gasteiger partial charge on any atom is -0.339 e. The first-order valence-electron chi connectivity index (χ1n) is 10.9. The number of likely N-dealkylation sites (tertiary alicyclic amines) is 1. The summed E-state index contributed by atoms with van der Waals surface area (Å²) in [5.74, 6) is 0.00696. The van der Waals surface area contributed by atoms with Gasteiger partial charge in [0.2, 0.25) is 17.7 Å². The number of hydrogen-bond donors (Lipinski definition) is 0. The summed E-state index contributed by atoms with van der Waals surface area (Å²) in [6.45, 7) is 2.53. The molecule has 2 aliphatic rings. The van der Waals surface area contributed by atoms with Gasteiger partial charge in [0, 0.05) is 51.0 Å². The van der Waals surface area contributed by atoms with E-state index in [-0.39, 0.29) is 24.1 Å². The number of benzene rings is 1. The van der Waals surface area contributed by atoms with Crippen molar-refractivity contribution >= 4 is 17.7 Å². The highest BCUT2D eigenvalue weighted by Gasteiger charge is 2.36. The van der Waals surface area contributed by atoms with E-state index in [2.05, 4.69) is 4.98 Å². The van der Waals surface area contributed by atoms with E-state index in [4.69, 9.17) is 0 Å². The van der Waals surface area contributed by atoms with Gasteiger partial charge < -0.3 is 14.7 Å². The largest absolute Gasteiger partial charge is 0.339 e. The average molecular weight is 421 g/mol. The third-order valence-corrected chi connectivity index (χ3v) is 6.02. The van der Waals surface area contributed by atoms with Crippen LogP contribution in [-0.2, 0) is 20.8 Å². The van der Waals surface area contributed by atoms with Crippen molar-refractivity contribution in [1.29, 1.82) is 0 Å². The molecule has 0 N–H and O–H groups in total. The zero-order valence-corrected chi connectivity index (χ0v) is 17.7. The fourth-order valence-corrected chi connectivity index (χ4v) is 4.31. The third-order valence-electron chi connectivity index (χ3n) is 6.02. The maximum Gasteiger partial charge on any atom is 0.250 e. The molecule has 7 nitrogen and oxygen atoms in total. The smallest absolute Gasteiger partial charge is 0.250 e. The Morgan fingerprint density at radius 3 is 2.26 bits per heavy atom. The summed E-state index contributed by atoms with van der Waals surface area (Å²) in [5, 5.41) is 0. The lowest BCUT2D eigenvalue weighted by Gasteiger charge is -2.40. The van der Waals surface area contributed by atoms with Crippen LogP contribution in [-0.4, -0.2) is 70.1 Å². The maximum atomic E-state index is 13.5. The molecule has 2 fully saturated rings. The Balaban J connectivity index is 1.43. The monoisotopic (exact) mass is 420 g/mol. The highest BCUT2D eigenvalue weighted by atomic mass is 16.2. The summed E-state index contributed by atoms with van der Waals surface area (Å²) >= 11 is 0. The SMILES string of the molecule is O=C(Cc1ccccn1)N1CCN(C(=O)C(c2ccccc2)N2CCCCC2=O)CC1. The van der Waals surface area contributed by atoms with Crippen molar-refractivity contribution in [3.8, 4) is 0 Å². The fraction of sp³-hybridized carbons (Fsp3) is 0.417. The molecule has 0 saturated carbocycles. The zero-order valence-electron chi connectivity index (χ0n) is 17.7. The second-order valence-corrected chi connectivity index (χ2v) is 8.06. The first-order valence-corrected chi connectivity index (χ1v) is 10.9. The molecular formula is C24H28N4O3. The van der Waals surface area contributed by atoms with Gasteiger partial charge in [-0.1, -0.05) is 36.4 Å². The Morgan fingerprint density at radius 1 is 0.871 bits per heavy atom. The molecule has 0 radical (unpaired) electrons. The summed E-state index contributed by atoms with van der Waals surface area (Å²) < 4.78 is 0. The molecule has 1 atom stereocenters.